The lowest BCUT2D eigenvalue weighted by Gasteiger charge is -2.38. The van der Waals surface area contributed by atoms with Crippen molar-refractivity contribution >= 4 is 11.7 Å². The number of hydrogen-bond donors (Lipinski definition) is 1. The van der Waals surface area contributed by atoms with E-state index in [1.54, 1.807) is 0 Å². The molecule has 1 aromatic carbocycles. The molecule has 3 rings (SSSR count). The van der Waals surface area contributed by atoms with Gasteiger partial charge in [-0.1, -0.05) is 12.1 Å². The first-order chi connectivity index (χ1) is 12.5. The molecule has 0 atom stereocenters. The molecule has 26 heavy (non-hydrogen) atoms. The second kappa shape index (κ2) is 8.87. The molecule has 2 saturated heterocycles. The van der Waals surface area contributed by atoms with Crippen molar-refractivity contribution in [1.29, 1.82) is 0 Å². The SMILES string of the molecule is Cc1cccc(N2CCN(CCC3CCN(CC(=O)O)CC3)CC2)c1C. The maximum Gasteiger partial charge on any atom is 0.317 e. The van der Waals surface area contributed by atoms with E-state index >= 15 is 0 Å². The van der Waals surface area contributed by atoms with Crippen LogP contribution in [0, 0.1) is 19.8 Å². The zero-order valence-corrected chi connectivity index (χ0v) is 16.3. The number of carbonyl (C=O) groups is 1. The van der Waals surface area contributed by atoms with E-state index in [1.807, 2.05) is 0 Å². The summed E-state index contributed by atoms with van der Waals surface area (Å²) in [6.07, 6.45) is 3.55. The van der Waals surface area contributed by atoms with Gasteiger partial charge in [0, 0.05) is 31.9 Å². The Kier molecular flexibility index (Phi) is 6.54. The Labute approximate surface area is 157 Å². The fourth-order valence-electron chi connectivity index (χ4n) is 4.28. The van der Waals surface area contributed by atoms with Gasteiger partial charge in [0.25, 0.3) is 0 Å². The van der Waals surface area contributed by atoms with Gasteiger partial charge in [0.1, 0.15) is 0 Å². The van der Waals surface area contributed by atoms with E-state index < -0.39 is 5.97 Å². The number of rotatable bonds is 6. The third-order valence-corrected chi connectivity index (χ3v) is 6.21. The predicted octanol–water partition coefficient (Wildman–Crippen LogP) is 2.61. The summed E-state index contributed by atoms with van der Waals surface area (Å²) >= 11 is 0. The van der Waals surface area contributed by atoms with Crippen LogP contribution in [0.15, 0.2) is 18.2 Å². The van der Waals surface area contributed by atoms with Gasteiger partial charge in [-0.2, -0.15) is 0 Å². The second-order valence-electron chi connectivity index (χ2n) is 7.95. The van der Waals surface area contributed by atoms with Crippen LogP contribution in [0.2, 0.25) is 0 Å². The number of nitrogens with zero attached hydrogens (tertiary/aromatic N) is 3. The summed E-state index contributed by atoms with van der Waals surface area (Å²) in [5.74, 6) is 0.0576. The van der Waals surface area contributed by atoms with Crippen LogP contribution in [0.5, 0.6) is 0 Å². The zero-order valence-electron chi connectivity index (χ0n) is 16.3. The first-order valence-electron chi connectivity index (χ1n) is 10.0. The largest absolute Gasteiger partial charge is 0.480 e. The van der Waals surface area contributed by atoms with E-state index in [9.17, 15) is 4.79 Å². The van der Waals surface area contributed by atoms with E-state index in [0.717, 1.165) is 58.0 Å². The van der Waals surface area contributed by atoms with Crippen LogP contribution in [0.4, 0.5) is 5.69 Å². The molecule has 2 heterocycles. The van der Waals surface area contributed by atoms with Crippen LogP contribution < -0.4 is 4.90 Å². The molecule has 0 bridgehead atoms. The highest BCUT2D eigenvalue weighted by molar-refractivity contribution is 5.69. The van der Waals surface area contributed by atoms with Crippen molar-refractivity contribution in [3.63, 3.8) is 0 Å². The maximum atomic E-state index is 10.8. The van der Waals surface area contributed by atoms with Crippen molar-refractivity contribution in [2.45, 2.75) is 33.1 Å². The van der Waals surface area contributed by atoms with Crippen LogP contribution in [0.1, 0.15) is 30.4 Å². The molecule has 0 spiro atoms. The Bertz CT molecular complexity index is 603. The molecule has 2 aliphatic rings. The van der Waals surface area contributed by atoms with E-state index in [1.165, 1.54) is 29.8 Å². The fourth-order valence-corrected chi connectivity index (χ4v) is 4.28. The highest BCUT2D eigenvalue weighted by atomic mass is 16.4. The van der Waals surface area contributed by atoms with Gasteiger partial charge in [0.2, 0.25) is 0 Å². The number of carboxylic acid groups (broad SMARTS) is 1. The molecule has 144 valence electrons. The first-order valence-corrected chi connectivity index (χ1v) is 10.0. The quantitative estimate of drug-likeness (QED) is 0.846. The predicted molar refractivity (Wildman–Crippen MR) is 106 cm³/mol. The standard InChI is InChI=1S/C21H33N3O2/c1-17-4-3-5-20(18(17)2)24-14-12-22(13-15-24)9-6-19-7-10-23(11-8-19)16-21(25)26/h3-5,19H,6-16H2,1-2H3,(H,25,26). The molecule has 5 nitrogen and oxygen atoms in total. The molecule has 2 aliphatic heterocycles. The van der Waals surface area contributed by atoms with Gasteiger partial charge in [-0.3, -0.25) is 14.6 Å². The normalized spacial score (nSPS) is 20.5. The molecular weight excluding hydrogens is 326 g/mol. The summed E-state index contributed by atoms with van der Waals surface area (Å²) in [5.41, 5.74) is 4.18. The molecule has 0 aliphatic carbocycles. The number of piperazine rings is 1. The van der Waals surface area contributed by atoms with Gasteiger partial charge in [0.05, 0.1) is 6.54 Å². The molecule has 0 radical (unpaired) electrons. The number of likely N-dealkylation sites (tertiary alicyclic amines) is 1. The van der Waals surface area contributed by atoms with Gasteiger partial charge >= 0.3 is 5.97 Å². The number of benzene rings is 1. The maximum absolute atomic E-state index is 10.8. The third-order valence-electron chi connectivity index (χ3n) is 6.21. The lowest BCUT2D eigenvalue weighted by Crippen LogP contribution is -2.47. The summed E-state index contributed by atoms with van der Waals surface area (Å²) in [6, 6.07) is 6.61. The van der Waals surface area contributed by atoms with Gasteiger partial charge in [-0.15, -0.1) is 0 Å². The van der Waals surface area contributed by atoms with Crippen LogP contribution >= 0.6 is 0 Å². The summed E-state index contributed by atoms with van der Waals surface area (Å²) < 4.78 is 0. The Morgan fingerprint density at radius 1 is 1.04 bits per heavy atom. The zero-order chi connectivity index (χ0) is 18.5. The summed E-state index contributed by atoms with van der Waals surface area (Å²) in [4.78, 5) is 18.0. The molecule has 0 amide bonds. The molecule has 1 aromatic rings. The van der Waals surface area contributed by atoms with Crippen molar-refractivity contribution in [1.82, 2.24) is 9.80 Å². The number of aliphatic carboxylic acids is 1. The topological polar surface area (TPSA) is 47.0 Å². The van der Waals surface area contributed by atoms with Crippen LogP contribution in [0.25, 0.3) is 0 Å². The van der Waals surface area contributed by atoms with Crippen LogP contribution in [0.3, 0.4) is 0 Å². The van der Waals surface area contributed by atoms with Gasteiger partial charge < -0.3 is 10.0 Å². The highest BCUT2D eigenvalue weighted by Gasteiger charge is 2.23. The molecule has 2 fully saturated rings. The Morgan fingerprint density at radius 3 is 2.38 bits per heavy atom. The van der Waals surface area contributed by atoms with Crippen molar-refractivity contribution in [2.75, 3.05) is 57.3 Å². The molecule has 1 N–H and O–H groups in total. The lowest BCUT2D eigenvalue weighted by atomic mass is 9.93. The Morgan fingerprint density at radius 2 is 1.73 bits per heavy atom. The molecule has 0 aromatic heterocycles. The van der Waals surface area contributed by atoms with Crippen LogP contribution in [-0.4, -0.2) is 73.2 Å². The van der Waals surface area contributed by atoms with Gasteiger partial charge in [-0.05, 0) is 75.9 Å². The molecular formula is C21H33N3O2. The average Bonchev–Trinajstić information content (AvgIpc) is 2.63. The van der Waals surface area contributed by atoms with Crippen molar-refractivity contribution in [3.8, 4) is 0 Å². The smallest absolute Gasteiger partial charge is 0.317 e. The van der Waals surface area contributed by atoms with E-state index in [4.69, 9.17) is 5.11 Å². The van der Waals surface area contributed by atoms with Crippen molar-refractivity contribution < 1.29 is 9.90 Å². The average molecular weight is 360 g/mol. The summed E-state index contributed by atoms with van der Waals surface area (Å²) in [6.45, 7) is 12.2. The lowest BCUT2D eigenvalue weighted by molar-refractivity contribution is -0.138. The Balaban J connectivity index is 1.38. The fraction of sp³-hybridized carbons (Fsp3) is 0.667. The number of anilines is 1. The van der Waals surface area contributed by atoms with Gasteiger partial charge in [0.15, 0.2) is 0 Å². The molecule has 0 saturated carbocycles. The van der Waals surface area contributed by atoms with E-state index in [-0.39, 0.29) is 6.54 Å². The van der Waals surface area contributed by atoms with Crippen molar-refractivity contribution in [2.24, 2.45) is 5.92 Å². The summed E-state index contributed by atoms with van der Waals surface area (Å²) in [7, 11) is 0. The summed E-state index contributed by atoms with van der Waals surface area (Å²) in [5, 5.41) is 8.89. The minimum atomic E-state index is -0.704. The number of hydrogen-bond acceptors (Lipinski definition) is 4. The van der Waals surface area contributed by atoms with E-state index in [0.29, 0.717) is 0 Å². The minimum Gasteiger partial charge on any atom is -0.480 e. The van der Waals surface area contributed by atoms with E-state index in [2.05, 4.69) is 46.7 Å². The number of aryl methyl sites for hydroxylation is 1. The monoisotopic (exact) mass is 359 g/mol. The van der Waals surface area contributed by atoms with Crippen LogP contribution in [-0.2, 0) is 4.79 Å². The third kappa shape index (κ3) is 4.98. The minimum absolute atomic E-state index is 0.201. The molecule has 0 unspecified atom stereocenters. The second-order valence-corrected chi connectivity index (χ2v) is 7.95. The number of piperidine rings is 1. The van der Waals surface area contributed by atoms with Crippen molar-refractivity contribution in [3.05, 3.63) is 29.3 Å². The highest BCUT2D eigenvalue weighted by Crippen LogP contribution is 2.25. The van der Waals surface area contributed by atoms with Gasteiger partial charge in [-0.25, -0.2) is 0 Å². The number of carboxylic acids is 1. The Hall–Kier alpha value is -1.59. The molecule has 5 heteroatoms. The first kappa shape index (κ1) is 19.2.